The van der Waals surface area contributed by atoms with Crippen molar-refractivity contribution in [3.8, 4) is 0 Å². The number of nitrogens with zero attached hydrogens (tertiary/aromatic N) is 1. The molecule has 1 heterocycles. The van der Waals surface area contributed by atoms with E-state index in [-0.39, 0.29) is 12.1 Å². The Hall–Kier alpha value is -1.30. The number of rotatable bonds is 2. The summed E-state index contributed by atoms with van der Waals surface area (Å²) < 4.78 is 0. The molecule has 5 heteroatoms. The summed E-state index contributed by atoms with van der Waals surface area (Å²) in [6, 6.07) is 5.66. The first kappa shape index (κ1) is 12.2. The molecule has 0 bridgehead atoms. The van der Waals surface area contributed by atoms with Crippen LogP contribution in [0.1, 0.15) is 18.6 Å². The molecule has 2 rings (SSSR count). The maximum atomic E-state index is 9.63. The van der Waals surface area contributed by atoms with E-state index in [0.717, 1.165) is 24.3 Å². The van der Waals surface area contributed by atoms with Crippen molar-refractivity contribution >= 4 is 11.4 Å². The Kier molecular flexibility index (Phi) is 3.24. The van der Waals surface area contributed by atoms with E-state index in [4.69, 9.17) is 17.2 Å². The third-order valence-electron chi connectivity index (χ3n) is 3.30. The monoisotopic (exact) mass is 236 g/mol. The number of benzene rings is 1. The van der Waals surface area contributed by atoms with Crippen molar-refractivity contribution in [3.05, 3.63) is 23.8 Å². The highest BCUT2D eigenvalue weighted by atomic mass is 16.3. The van der Waals surface area contributed by atoms with Gasteiger partial charge in [0.05, 0.1) is 6.10 Å². The minimum absolute atomic E-state index is 0.00236. The van der Waals surface area contributed by atoms with Gasteiger partial charge >= 0.3 is 0 Å². The van der Waals surface area contributed by atoms with Crippen LogP contribution in [-0.4, -0.2) is 30.3 Å². The number of hydrogen-bond donors (Lipinski definition) is 4. The number of hydrogen-bond acceptors (Lipinski definition) is 5. The average Bonchev–Trinajstić information content (AvgIpc) is 2.59. The van der Waals surface area contributed by atoms with Crippen molar-refractivity contribution in [2.45, 2.75) is 25.1 Å². The summed E-state index contributed by atoms with van der Waals surface area (Å²) in [4.78, 5) is 2.13. The van der Waals surface area contributed by atoms with Gasteiger partial charge < -0.3 is 27.2 Å². The minimum atomic E-state index is -0.570. The molecule has 0 aliphatic carbocycles. The van der Waals surface area contributed by atoms with E-state index in [2.05, 4.69) is 4.90 Å². The normalized spacial score (nSPS) is 26.2. The van der Waals surface area contributed by atoms with Crippen LogP contribution in [0.2, 0.25) is 0 Å². The van der Waals surface area contributed by atoms with Crippen molar-refractivity contribution in [2.75, 3.05) is 23.7 Å². The van der Waals surface area contributed by atoms with E-state index in [1.54, 1.807) is 6.92 Å². The third-order valence-corrected chi connectivity index (χ3v) is 3.30. The summed E-state index contributed by atoms with van der Waals surface area (Å²) in [6.07, 6.45) is -0.570. The molecule has 1 saturated heterocycles. The zero-order valence-electron chi connectivity index (χ0n) is 10.0. The van der Waals surface area contributed by atoms with E-state index in [9.17, 15) is 5.11 Å². The van der Waals surface area contributed by atoms with Crippen molar-refractivity contribution in [1.29, 1.82) is 0 Å². The van der Waals surface area contributed by atoms with Crippen LogP contribution in [0.4, 0.5) is 11.4 Å². The van der Waals surface area contributed by atoms with E-state index in [0.29, 0.717) is 5.69 Å². The largest absolute Gasteiger partial charge is 0.398 e. The highest BCUT2D eigenvalue weighted by Gasteiger charge is 2.27. The summed E-state index contributed by atoms with van der Waals surface area (Å²) in [5.74, 6) is 0. The van der Waals surface area contributed by atoms with Crippen molar-refractivity contribution in [1.82, 2.24) is 0 Å². The van der Waals surface area contributed by atoms with Gasteiger partial charge in [0.2, 0.25) is 0 Å². The highest BCUT2D eigenvalue weighted by molar-refractivity contribution is 5.60. The lowest BCUT2D eigenvalue weighted by Gasteiger charge is -2.20. The van der Waals surface area contributed by atoms with Crippen molar-refractivity contribution in [2.24, 2.45) is 11.5 Å². The molecule has 0 aromatic heterocycles. The van der Waals surface area contributed by atoms with Crippen LogP contribution in [0.5, 0.6) is 0 Å². The highest BCUT2D eigenvalue weighted by Crippen LogP contribution is 2.27. The SMILES string of the molecule is CC(O)c1cc(N2CC(N)C(N)C2)ccc1N. The molecule has 0 amide bonds. The van der Waals surface area contributed by atoms with Crippen LogP contribution in [0.15, 0.2) is 18.2 Å². The first-order valence-electron chi connectivity index (χ1n) is 5.82. The lowest BCUT2D eigenvalue weighted by Crippen LogP contribution is -2.39. The van der Waals surface area contributed by atoms with Gasteiger partial charge in [0.25, 0.3) is 0 Å². The molecule has 17 heavy (non-hydrogen) atoms. The average molecular weight is 236 g/mol. The van der Waals surface area contributed by atoms with E-state index < -0.39 is 6.10 Å². The number of nitrogen functional groups attached to an aromatic ring is 1. The second-order valence-electron chi connectivity index (χ2n) is 4.72. The first-order valence-corrected chi connectivity index (χ1v) is 5.82. The van der Waals surface area contributed by atoms with Gasteiger partial charge in [-0.1, -0.05) is 0 Å². The van der Waals surface area contributed by atoms with Gasteiger partial charge in [0, 0.05) is 42.1 Å². The maximum Gasteiger partial charge on any atom is 0.0782 e. The van der Waals surface area contributed by atoms with Crippen LogP contribution in [0.3, 0.4) is 0 Å². The molecular formula is C12H20N4O. The standard InChI is InChI=1S/C12H20N4O/c1-7(17)9-4-8(2-3-10(9)13)16-5-11(14)12(15)6-16/h2-4,7,11-12,17H,5-6,13-15H2,1H3. The Balaban J connectivity index is 2.25. The van der Waals surface area contributed by atoms with Gasteiger partial charge in [-0.25, -0.2) is 0 Å². The maximum absolute atomic E-state index is 9.63. The first-order chi connectivity index (χ1) is 7.99. The van der Waals surface area contributed by atoms with Crippen LogP contribution >= 0.6 is 0 Å². The minimum Gasteiger partial charge on any atom is -0.398 e. The second-order valence-corrected chi connectivity index (χ2v) is 4.72. The predicted octanol–water partition coefficient (Wildman–Crippen LogP) is -0.203. The molecule has 1 aromatic carbocycles. The zero-order chi connectivity index (χ0) is 12.6. The fraction of sp³-hybridized carbons (Fsp3) is 0.500. The number of aliphatic hydroxyl groups is 1. The van der Waals surface area contributed by atoms with Crippen LogP contribution in [0.25, 0.3) is 0 Å². The molecule has 1 aliphatic rings. The molecule has 1 aliphatic heterocycles. The van der Waals surface area contributed by atoms with Crippen LogP contribution in [-0.2, 0) is 0 Å². The predicted molar refractivity (Wildman–Crippen MR) is 69.7 cm³/mol. The molecule has 7 N–H and O–H groups in total. The molecule has 1 fully saturated rings. The molecule has 0 saturated carbocycles. The fourth-order valence-electron chi connectivity index (χ4n) is 2.19. The van der Waals surface area contributed by atoms with Crippen molar-refractivity contribution < 1.29 is 5.11 Å². The molecule has 1 aromatic rings. The molecule has 0 spiro atoms. The summed E-state index contributed by atoms with van der Waals surface area (Å²) in [6.45, 7) is 3.19. The molecule has 5 nitrogen and oxygen atoms in total. The number of aliphatic hydroxyl groups excluding tert-OH is 1. The summed E-state index contributed by atoms with van der Waals surface area (Å²) in [7, 11) is 0. The quantitative estimate of drug-likeness (QED) is 0.533. The Morgan fingerprint density at radius 1 is 1.29 bits per heavy atom. The Morgan fingerprint density at radius 2 is 1.88 bits per heavy atom. The molecule has 94 valence electrons. The Morgan fingerprint density at radius 3 is 2.41 bits per heavy atom. The van der Waals surface area contributed by atoms with E-state index >= 15 is 0 Å². The van der Waals surface area contributed by atoms with Gasteiger partial charge in [0.15, 0.2) is 0 Å². The lowest BCUT2D eigenvalue weighted by atomic mass is 10.1. The molecular weight excluding hydrogens is 216 g/mol. The van der Waals surface area contributed by atoms with E-state index in [1.807, 2.05) is 18.2 Å². The smallest absolute Gasteiger partial charge is 0.0782 e. The second kappa shape index (κ2) is 4.52. The van der Waals surface area contributed by atoms with Gasteiger partial charge in [0.1, 0.15) is 0 Å². The van der Waals surface area contributed by atoms with Crippen LogP contribution < -0.4 is 22.1 Å². The van der Waals surface area contributed by atoms with Crippen molar-refractivity contribution in [3.63, 3.8) is 0 Å². The molecule has 3 unspecified atom stereocenters. The topological polar surface area (TPSA) is 102 Å². The number of nitrogens with two attached hydrogens (primary N) is 3. The zero-order valence-corrected chi connectivity index (χ0v) is 10.0. The molecule has 0 radical (unpaired) electrons. The molecule has 3 atom stereocenters. The van der Waals surface area contributed by atoms with Crippen LogP contribution in [0, 0.1) is 0 Å². The third kappa shape index (κ3) is 2.36. The van der Waals surface area contributed by atoms with Gasteiger partial charge in [-0.3, -0.25) is 0 Å². The lowest BCUT2D eigenvalue weighted by molar-refractivity contribution is 0.200. The number of anilines is 2. The van der Waals surface area contributed by atoms with Gasteiger partial charge in [-0.2, -0.15) is 0 Å². The summed E-state index contributed by atoms with van der Waals surface area (Å²) in [5, 5.41) is 9.63. The Bertz CT molecular complexity index is 397. The summed E-state index contributed by atoms with van der Waals surface area (Å²) in [5.41, 5.74) is 20.0. The van der Waals surface area contributed by atoms with E-state index in [1.165, 1.54) is 0 Å². The van der Waals surface area contributed by atoms with Gasteiger partial charge in [-0.15, -0.1) is 0 Å². The summed E-state index contributed by atoms with van der Waals surface area (Å²) >= 11 is 0. The fourth-order valence-corrected chi connectivity index (χ4v) is 2.19. The Labute approximate surface area is 101 Å². The van der Waals surface area contributed by atoms with Gasteiger partial charge in [-0.05, 0) is 25.1 Å².